The molecule has 2 heterocycles. The van der Waals surface area contributed by atoms with Crippen molar-refractivity contribution in [3.8, 4) is 0 Å². The minimum absolute atomic E-state index is 0.141. The Morgan fingerprint density at radius 2 is 1.74 bits per heavy atom. The van der Waals surface area contributed by atoms with Gasteiger partial charge in [-0.15, -0.1) is 0 Å². The molecule has 0 bridgehead atoms. The Kier molecular flexibility index (Phi) is 4.23. The van der Waals surface area contributed by atoms with Crippen LogP contribution in [0.2, 0.25) is 5.02 Å². The van der Waals surface area contributed by atoms with Crippen LogP contribution in [0, 0.1) is 5.82 Å². The minimum atomic E-state index is -1.05. The third-order valence-corrected chi connectivity index (χ3v) is 5.45. The first kappa shape index (κ1) is 17.7. The highest BCUT2D eigenvalue weighted by molar-refractivity contribution is 6.32. The van der Waals surface area contributed by atoms with E-state index < -0.39 is 29.6 Å². The second-order valence-electron chi connectivity index (χ2n) is 6.65. The predicted molar refractivity (Wildman–Crippen MR) is 98.5 cm³/mol. The largest absolute Gasteiger partial charge is 0.308 e. The number of carbonyl (C=O) groups excluding carboxylic acids is 3. The van der Waals surface area contributed by atoms with Gasteiger partial charge in [0.25, 0.3) is 11.8 Å². The molecule has 0 fully saturated rings. The summed E-state index contributed by atoms with van der Waals surface area (Å²) < 4.78 is 14.5. The smallest absolute Gasteiger partial charge is 0.262 e. The summed E-state index contributed by atoms with van der Waals surface area (Å²) in [5.41, 5.74) is 1.26. The molecule has 0 N–H and O–H groups in total. The Morgan fingerprint density at radius 1 is 1.11 bits per heavy atom. The van der Waals surface area contributed by atoms with Crippen LogP contribution in [0.4, 0.5) is 10.1 Å². The molecule has 1 unspecified atom stereocenters. The SMILES string of the molecule is CC(C(=O)N1CCCc2c(Cl)ccc(F)c21)N1C(=O)c2ccccc2C1=O. The molecular weight excluding hydrogens is 371 g/mol. The van der Waals surface area contributed by atoms with Gasteiger partial charge in [0.05, 0.1) is 16.8 Å². The van der Waals surface area contributed by atoms with E-state index in [4.69, 9.17) is 11.6 Å². The van der Waals surface area contributed by atoms with Crippen molar-refractivity contribution in [3.05, 3.63) is 63.9 Å². The van der Waals surface area contributed by atoms with Gasteiger partial charge in [-0.25, -0.2) is 4.39 Å². The number of imide groups is 1. The molecule has 0 aromatic heterocycles. The van der Waals surface area contributed by atoms with Gasteiger partial charge in [0.1, 0.15) is 11.9 Å². The first-order chi connectivity index (χ1) is 12.9. The van der Waals surface area contributed by atoms with Gasteiger partial charge in [-0.3, -0.25) is 19.3 Å². The monoisotopic (exact) mass is 386 g/mol. The van der Waals surface area contributed by atoms with Gasteiger partial charge in [0.2, 0.25) is 5.91 Å². The summed E-state index contributed by atoms with van der Waals surface area (Å²) in [5.74, 6) is -2.08. The summed E-state index contributed by atoms with van der Waals surface area (Å²) in [6.45, 7) is 1.79. The Bertz CT molecular complexity index is 956. The minimum Gasteiger partial charge on any atom is -0.308 e. The zero-order chi connectivity index (χ0) is 19.3. The van der Waals surface area contributed by atoms with E-state index in [9.17, 15) is 18.8 Å². The molecule has 27 heavy (non-hydrogen) atoms. The lowest BCUT2D eigenvalue weighted by atomic mass is 10.00. The van der Waals surface area contributed by atoms with Gasteiger partial charge < -0.3 is 4.90 Å². The number of halogens is 2. The van der Waals surface area contributed by atoms with Crippen molar-refractivity contribution in [2.45, 2.75) is 25.8 Å². The molecule has 2 aromatic carbocycles. The first-order valence-electron chi connectivity index (χ1n) is 8.67. The summed E-state index contributed by atoms with van der Waals surface area (Å²) in [5, 5.41) is 0.400. The average molecular weight is 387 g/mol. The van der Waals surface area contributed by atoms with Gasteiger partial charge in [0.15, 0.2) is 0 Å². The normalized spacial score (nSPS) is 17.0. The van der Waals surface area contributed by atoms with E-state index in [-0.39, 0.29) is 16.8 Å². The molecule has 0 radical (unpaired) electrons. The Morgan fingerprint density at radius 3 is 2.37 bits per heavy atom. The van der Waals surface area contributed by atoms with Crippen molar-refractivity contribution in [2.24, 2.45) is 0 Å². The fraction of sp³-hybridized carbons (Fsp3) is 0.250. The van der Waals surface area contributed by atoms with Crippen LogP contribution in [0.5, 0.6) is 0 Å². The lowest BCUT2D eigenvalue weighted by Crippen LogP contribution is -2.51. The number of anilines is 1. The number of amides is 3. The Balaban J connectivity index is 1.69. The fourth-order valence-corrected chi connectivity index (χ4v) is 4.00. The maximum absolute atomic E-state index is 14.5. The molecule has 0 saturated heterocycles. The van der Waals surface area contributed by atoms with Crippen LogP contribution < -0.4 is 4.90 Å². The molecule has 2 aliphatic rings. The van der Waals surface area contributed by atoms with E-state index in [1.165, 1.54) is 24.0 Å². The molecule has 138 valence electrons. The number of benzene rings is 2. The molecule has 1 atom stereocenters. The predicted octanol–water partition coefficient (Wildman–Crippen LogP) is 3.44. The molecule has 7 heteroatoms. The third-order valence-electron chi connectivity index (χ3n) is 5.09. The molecule has 3 amide bonds. The number of rotatable bonds is 2. The lowest BCUT2D eigenvalue weighted by Gasteiger charge is -2.34. The summed E-state index contributed by atoms with van der Waals surface area (Å²) >= 11 is 6.17. The van der Waals surface area contributed by atoms with Crippen molar-refractivity contribution in [2.75, 3.05) is 11.4 Å². The van der Waals surface area contributed by atoms with Crippen molar-refractivity contribution in [1.82, 2.24) is 4.90 Å². The summed E-state index contributed by atoms with van der Waals surface area (Å²) in [6, 6.07) is 8.08. The molecule has 2 aromatic rings. The van der Waals surface area contributed by atoms with Gasteiger partial charge >= 0.3 is 0 Å². The van der Waals surface area contributed by atoms with Gasteiger partial charge in [-0.05, 0) is 49.6 Å². The number of fused-ring (bicyclic) bond motifs is 2. The van der Waals surface area contributed by atoms with E-state index in [1.54, 1.807) is 24.3 Å². The second-order valence-corrected chi connectivity index (χ2v) is 7.06. The van der Waals surface area contributed by atoms with E-state index in [0.717, 1.165) is 4.90 Å². The van der Waals surface area contributed by atoms with E-state index in [0.29, 0.717) is 30.0 Å². The molecule has 0 saturated carbocycles. The number of nitrogens with zero attached hydrogens (tertiary/aromatic N) is 2. The lowest BCUT2D eigenvalue weighted by molar-refractivity contribution is -0.122. The maximum Gasteiger partial charge on any atom is 0.262 e. The number of carbonyl (C=O) groups is 3. The number of hydrogen-bond acceptors (Lipinski definition) is 3. The standard InChI is InChI=1S/C20H16ClFN2O3/c1-11(24-19(26)12-5-2-3-6-13(12)20(24)27)18(25)23-10-4-7-14-15(21)8-9-16(22)17(14)23/h2-3,5-6,8-9,11H,4,7,10H2,1H3. The highest BCUT2D eigenvalue weighted by Crippen LogP contribution is 2.36. The summed E-state index contributed by atoms with van der Waals surface area (Å²) in [7, 11) is 0. The molecule has 0 spiro atoms. The first-order valence-corrected chi connectivity index (χ1v) is 9.04. The highest BCUT2D eigenvalue weighted by Gasteiger charge is 2.42. The number of hydrogen-bond donors (Lipinski definition) is 0. The van der Waals surface area contributed by atoms with Crippen LogP contribution in [0.15, 0.2) is 36.4 Å². The Hall–Kier alpha value is -2.73. The maximum atomic E-state index is 14.5. The van der Waals surface area contributed by atoms with Crippen LogP contribution in [-0.2, 0) is 11.2 Å². The highest BCUT2D eigenvalue weighted by atomic mass is 35.5. The second kappa shape index (κ2) is 6.46. The zero-order valence-corrected chi connectivity index (χ0v) is 15.3. The Labute approximate surface area is 160 Å². The van der Waals surface area contributed by atoms with Crippen LogP contribution in [0.1, 0.15) is 39.6 Å². The van der Waals surface area contributed by atoms with Crippen LogP contribution >= 0.6 is 11.6 Å². The quantitative estimate of drug-likeness (QED) is 0.743. The van der Waals surface area contributed by atoms with Crippen molar-refractivity contribution in [3.63, 3.8) is 0 Å². The fourth-order valence-electron chi connectivity index (χ4n) is 3.75. The van der Waals surface area contributed by atoms with E-state index in [1.807, 2.05) is 0 Å². The van der Waals surface area contributed by atoms with Crippen molar-refractivity contribution < 1.29 is 18.8 Å². The van der Waals surface area contributed by atoms with Crippen molar-refractivity contribution >= 4 is 35.0 Å². The van der Waals surface area contributed by atoms with E-state index in [2.05, 4.69) is 0 Å². The molecular formula is C20H16ClFN2O3. The molecule has 5 nitrogen and oxygen atoms in total. The van der Waals surface area contributed by atoms with Gasteiger partial charge in [-0.1, -0.05) is 23.7 Å². The van der Waals surface area contributed by atoms with Crippen LogP contribution in [0.3, 0.4) is 0 Å². The molecule has 2 aliphatic heterocycles. The van der Waals surface area contributed by atoms with E-state index >= 15 is 0 Å². The third kappa shape index (κ3) is 2.63. The molecule has 4 rings (SSSR count). The van der Waals surface area contributed by atoms with Crippen LogP contribution in [-0.4, -0.2) is 35.2 Å². The van der Waals surface area contributed by atoms with Gasteiger partial charge in [0, 0.05) is 11.6 Å². The molecule has 0 aliphatic carbocycles. The average Bonchev–Trinajstić information content (AvgIpc) is 2.94. The van der Waals surface area contributed by atoms with Crippen LogP contribution in [0.25, 0.3) is 0 Å². The van der Waals surface area contributed by atoms with Gasteiger partial charge in [-0.2, -0.15) is 0 Å². The summed E-state index contributed by atoms with van der Waals surface area (Å²) in [4.78, 5) is 40.7. The van der Waals surface area contributed by atoms with Crippen molar-refractivity contribution in [1.29, 1.82) is 0 Å². The topological polar surface area (TPSA) is 57.7 Å². The zero-order valence-electron chi connectivity index (χ0n) is 14.5. The summed E-state index contributed by atoms with van der Waals surface area (Å²) in [6.07, 6.45) is 1.19.